The first-order chi connectivity index (χ1) is 17.1. The molecule has 0 saturated heterocycles. The third kappa shape index (κ3) is 12.5. The molecule has 0 spiro atoms. The molecule has 0 aliphatic rings. The predicted octanol–water partition coefficient (Wildman–Crippen LogP) is 8.83. The quantitative estimate of drug-likeness (QED) is 0.124. The summed E-state index contributed by atoms with van der Waals surface area (Å²) in [5, 5.41) is 3.15. The Balaban J connectivity index is 1.62. The molecule has 4 heteroatoms. The van der Waals surface area contributed by atoms with Gasteiger partial charge in [0.2, 0.25) is 0 Å². The van der Waals surface area contributed by atoms with Crippen molar-refractivity contribution in [2.24, 2.45) is 5.92 Å². The van der Waals surface area contributed by atoms with E-state index < -0.39 is 0 Å². The molecule has 1 atom stereocenters. The van der Waals surface area contributed by atoms with E-state index in [4.69, 9.17) is 9.47 Å². The lowest BCUT2D eigenvalue weighted by atomic mass is 10.1. The summed E-state index contributed by atoms with van der Waals surface area (Å²) in [5.41, 5.74) is 1.55. The maximum Gasteiger partial charge on any atom is 0.187 e. The largest absolute Gasteiger partial charge is 0.494 e. The molecule has 0 saturated carbocycles. The second-order valence-corrected chi connectivity index (χ2v) is 9.39. The summed E-state index contributed by atoms with van der Waals surface area (Å²) in [6, 6.07) is 15.2. The average Bonchev–Trinajstić information content (AvgIpc) is 2.89. The lowest BCUT2D eigenvalue weighted by molar-refractivity contribution is 0.104. The van der Waals surface area contributed by atoms with Gasteiger partial charge in [0, 0.05) is 23.5 Å². The summed E-state index contributed by atoms with van der Waals surface area (Å²) >= 11 is 0. The van der Waals surface area contributed by atoms with Crippen molar-refractivity contribution in [3.8, 4) is 11.5 Å². The molecule has 0 unspecified atom stereocenters. The molecule has 0 fully saturated rings. The SMILES string of the molecule is CCCCCCCCCCCOc1ccc(N/C=C/C(=O)c2ccc(OC[C@H](C)CC)cc2)cc1. The number of carbonyl (C=O) groups excluding carboxylic acids is 1. The van der Waals surface area contributed by atoms with Crippen molar-refractivity contribution < 1.29 is 14.3 Å². The number of nitrogens with one attached hydrogen (secondary N) is 1. The number of anilines is 1. The van der Waals surface area contributed by atoms with Crippen LogP contribution in [0.15, 0.2) is 60.8 Å². The van der Waals surface area contributed by atoms with Gasteiger partial charge in [0.15, 0.2) is 5.78 Å². The van der Waals surface area contributed by atoms with Crippen LogP contribution >= 0.6 is 0 Å². The topological polar surface area (TPSA) is 47.6 Å². The minimum atomic E-state index is -0.0492. The number of unbranched alkanes of at least 4 members (excludes halogenated alkanes) is 8. The van der Waals surface area contributed by atoms with Crippen molar-refractivity contribution >= 4 is 11.5 Å². The Hall–Kier alpha value is -2.75. The van der Waals surface area contributed by atoms with Crippen molar-refractivity contribution in [3.63, 3.8) is 0 Å². The van der Waals surface area contributed by atoms with E-state index in [9.17, 15) is 4.79 Å². The molecule has 35 heavy (non-hydrogen) atoms. The molecule has 0 heterocycles. The van der Waals surface area contributed by atoms with E-state index in [1.165, 1.54) is 51.4 Å². The van der Waals surface area contributed by atoms with E-state index in [2.05, 4.69) is 26.1 Å². The van der Waals surface area contributed by atoms with Crippen LogP contribution in [0.25, 0.3) is 0 Å². The van der Waals surface area contributed by atoms with Crippen LogP contribution < -0.4 is 14.8 Å². The Morgan fingerprint density at radius 1 is 0.800 bits per heavy atom. The molecule has 2 aromatic rings. The Bertz CT molecular complexity index is 843. The molecular formula is C31H45NO3. The number of hydrogen-bond donors (Lipinski definition) is 1. The number of benzene rings is 2. The molecule has 1 N–H and O–H groups in total. The molecule has 0 radical (unpaired) electrons. The van der Waals surface area contributed by atoms with Crippen LogP contribution in [0.2, 0.25) is 0 Å². The number of ketones is 1. The highest BCUT2D eigenvalue weighted by Gasteiger charge is 2.04. The smallest absolute Gasteiger partial charge is 0.187 e. The van der Waals surface area contributed by atoms with Crippen LogP contribution in [0, 0.1) is 5.92 Å². The summed E-state index contributed by atoms with van der Waals surface area (Å²) in [4.78, 5) is 12.4. The van der Waals surface area contributed by atoms with Gasteiger partial charge in [0.1, 0.15) is 11.5 Å². The minimum Gasteiger partial charge on any atom is -0.494 e. The lowest BCUT2D eigenvalue weighted by Gasteiger charge is -2.10. The maximum atomic E-state index is 12.4. The predicted molar refractivity (Wildman–Crippen MR) is 148 cm³/mol. The van der Waals surface area contributed by atoms with Gasteiger partial charge in [-0.15, -0.1) is 0 Å². The minimum absolute atomic E-state index is 0.0492. The van der Waals surface area contributed by atoms with Crippen LogP contribution in [-0.4, -0.2) is 19.0 Å². The Labute approximate surface area is 213 Å². The van der Waals surface area contributed by atoms with Crippen molar-refractivity contribution in [3.05, 3.63) is 66.4 Å². The molecule has 0 bridgehead atoms. The first-order valence-electron chi connectivity index (χ1n) is 13.6. The monoisotopic (exact) mass is 479 g/mol. The molecule has 0 aliphatic heterocycles. The fourth-order valence-electron chi connectivity index (χ4n) is 3.63. The highest BCUT2D eigenvalue weighted by atomic mass is 16.5. The summed E-state index contributed by atoms with van der Waals surface area (Å²) in [6.07, 6.45) is 16.1. The molecule has 192 valence electrons. The van der Waals surface area contributed by atoms with E-state index in [1.54, 1.807) is 24.4 Å². The zero-order valence-corrected chi connectivity index (χ0v) is 22.1. The van der Waals surface area contributed by atoms with Crippen LogP contribution in [0.5, 0.6) is 11.5 Å². The van der Waals surface area contributed by atoms with Gasteiger partial charge in [0.25, 0.3) is 0 Å². The Morgan fingerprint density at radius 3 is 2.00 bits per heavy atom. The Morgan fingerprint density at radius 2 is 1.37 bits per heavy atom. The van der Waals surface area contributed by atoms with E-state index in [0.29, 0.717) is 18.1 Å². The van der Waals surface area contributed by atoms with Crippen molar-refractivity contribution in [1.82, 2.24) is 0 Å². The zero-order chi connectivity index (χ0) is 25.1. The van der Waals surface area contributed by atoms with Gasteiger partial charge in [-0.05, 0) is 60.9 Å². The fourth-order valence-corrected chi connectivity index (χ4v) is 3.63. The standard InChI is InChI=1S/C31H45NO3/c1-4-6-7-8-9-10-11-12-13-24-34-29-20-16-28(17-21-29)32-23-22-31(33)27-14-18-30(19-15-27)35-25-26(3)5-2/h14-23,26,32H,4-13,24-25H2,1-3H3/b23-22+/t26-/m1/s1. The maximum absolute atomic E-state index is 12.4. The van der Waals surface area contributed by atoms with Gasteiger partial charge in [0.05, 0.1) is 13.2 Å². The van der Waals surface area contributed by atoms with Gasteiger partial charge in [-0.1, -0.05) is 78.6 Å². The third-order valence-electron chi connectivity index (χ3n) is 6.23. The molecule has 0 aliphatic carbocycles. The first kappa shape index (κ1) is 28.5. The highest BCUT2D eigenvalue weighted by Crippen LogP contribution is 2.18. The normalized spacial score (nSPS) is 12.0. The van der Waals surface area contributed by atoms with E-state index >= 15 is 0 Å². The van der Waals surface area contributed by atoms with Gasteiger partial charge in [-0.3, -0.25) is 4.79 Å². The van der Waals surface area contributed by atoms with Gasteiger partial charge in [-0.25, -0.2) is 0 Å². The molecule has 4 nitrogen and oxygen atoms in total. The number of rotatable bonds is 19. The van der Waals surface area contributed by atoms with E-state index in [1.807, 2.05) is 36.4 Å². The lowest BCUT2D eigenvalue weighted by Crippen LogP contribution is -2.07. The average molecular weight is 480 g/mol. The Kier molecular flexibility index (Phi) is 14.4. The zero-order valence-electron chi connectivity index (χ0n) is 22.1. The summed E-state index contributed by atoms with van der Waals surface area (Å²) in [7, 11) is 0. The van der Waals surface area contributed by atoms with E-state index in [-0.39, 0.29) is 5.78 Å². The number of carbonyl (C=O) groups is 1. The fraction of sp³-hybridized carbons (Fsp3) is 0.516. The number of allylic oxidation sites excluding steroid dienone is 1. The molecule has 2 aromatic carbocycles. The molecule has 2 rings (SSSR count). The van der Waals surface area contributed by atoms with E-state index in [0.717, 1.165) is 36.6 Å². The van der Waals surface area contributed by atoms with Gasteiger partial charge in [-0.2, -0.15) is 0 Å². The van der Waals surface area contributed by atoms with Crippen LogP contribution in [-0.2, 0) is 0 Å². The van der Waals surface area contributed by atoms with Crippen LogP contribution in [0.3, 0.4) is 0 Å². The van der Waals surface area contributed by atoms with Crippen molar-refractivity contribution in [1.29, 1.82) is 0 Å². The van der Waals surface area contributed by atoms with Gasteiger partial charge < -0.3 is 14.8 Å². The second-order valence-electron chi connectivity index (χ2n) is 9.39. The summed E-state index contributed by atoms with van der Waals surface area (Å²) in [5.74, 6) is 2.15. The van der Waals surface area contributed by atoms with Gasteiger partial charge >= 0.3 is 0 Å². The summed E-state index contributed by atoms with van der Waals surface area (Å²) in [6.45, 7) is 8.03. The second kappa shape index (κ2) is 17.7. The number of hydrogen-bond acceptors (Lipinski definition) is 4. The molecule has 0 amide bonds. The molecule has 0 aromatic heterocycles. The van der Waals surface area contributed by atoms with Crippen LogP contribution in [0.1, 0.15) is 95.3 Å². The third-order valence-corrected chi connectivity index (χ3v) is 6.23. The molecular weight excluding hydrogens is 434 g/mol. The first-order valence-corrected chi connectivity index (χ1v) is 13.6. The summed E-state index contributed by atoms with van der Waals surface area (Å²) < 4.78 is 11.6. The van der Waals surface area contributed by atoms with Crippen LogP contribution in [0.4, 0.5) is 5.69 Å². The van der Waals surface area contributed by atoms with Crippen molar-refractivity contribution in [2.45, 2.75) is 85.0 Å². The van der Waals surface area contributed by atoms with Crippen molar-refractivity contribution in [2.75, 3.05) is 18.5 Å². The highest BCUT2D eigenvalue weighted by molar-refractivity contribution is 6.04. The number of ether oxygens (including phenoxy) is 2.